The molecule has 2 aromatic heterocycles. The lowest BCUT2D eigenvalue weighted by Gasteiger charge is -2.34. The Labute approximate surface area is 198 Å². The summed E-state index contributed by atoms with van der Waals surface area (Å²) in [6.07, 6.45) is 2.14. The number of hydrogen-bond donors (Lipinski definition) is 0. The molecule has 1 aliphatic rings. The van der Waals surface area contributed by atoms with E-state index >= 15 is 0 Å². The number of carbonyl (C=O) groups excluding carboxylic acids is 1. The first kappa shape index (κ1) is 22.7. The highest BCUT2D eigenvalue weighted by Crippen LogP contribution is 2.21. The molecule has 170 valence electrons. The number of rotatable bonds is 6. The van der Waals surface area contributed by atoms with Crippen LogP contribution < -0.4 is 0 Å². The Balaban J connectivity index is 1.37. The van der Waals surface area contributed by atoms with Crippen molar-refractivity contribution in [2.75, 3.05) is 26.2 Å². The molecule has 0 bridgehead atoms. The summed E-state index contributed by atoms with van der Waals surface area (Å²) in [5.41, 5.74) is 6.26. The standard InChI is InChI=1S/C24H31BrN6O/c1-5-30-16-22(17(2)26-30)15-28-9-11-29(12-10-28)24(32)21-8-6-7-20(13-21)14-31-19(4)23(25)18(3)27-31/h6-8,13,16H,5,9-12,14-15H2,1-4H3. The van der Waals surface area contributed by atoms with Crippen LogP contribution >= 0.6 is 15.9 Å². The fourth-order valence-electron chi connectivity index (χ4n) is 4.21. The smallest absolute Gasteiger partial charge is 0.253 e. The second kappa shape index (κ2) is 9.58. The first-order chi connectivity index (χ1) is 15.4. The maximum atomic E-state index is 13.2. The SMILES string of the molecule is CCn1cc(CN2CCN(C(=O)c3cccc(Cn4nc(C)c(Br)c4C)c3)CC2)c(C)n1. The van der Waals surface area contributed by atoms with Crippen molar-refractivity contribution in [3.8, 4) is 0 Å². The highest BCUT2D eigenvalue weighted by Gasteiger charge is 2.23. The van der Waals surface area contributed by atoms with E-state index in [1.165, 1.54) is 5.56 Å². The average molecular weight is 499 g/mol. The summed E-state index contributed by atoms with van der Waals surface area (Å²) in [7, 11) is 0. The van der Waals surface area contributed by atoms with Gasteiger partial charge in [-0.1, -0.05) is 12.1 Å². The van der Waals surface area contributed by atoms with Gasteiger partial charge in [-0.05, 0) is 61.3 Å². The Kier molecular flexibility index (Phi) is 6.81. The number of hydrogen-bond acceptors (Lipinski definition) is 4. The Hall–Kier alpha value is -2.45. The quantitative estimate of drug-likeness (QED) is 0.518. The molecule has 1 amide bonds. The summed E-state index contributed by atoms with van der Waals surface area (Å²) in [5.74, 6) is 0.107. The minimum absolute atomic E-state index is 0.107. The van der Waals surface area contributed by atoms with E-state index in [1.807, 2.05) is 46.3 Å². The van der Waals surface area contributed by atoms with Gasteiger partial charge in [-0.3, -0.25) is 19.1 Å². The zero-order valence-electron chi connectivity index (χ0n) is 19.3. The van der Waals surface area contributed by atoms with Crippen molar-refractivity contribution in [3.63, 3.8) is 0 Å². The van der Waals surface area contributed by atoms with Crippen LogP contribution in [-0.4, -0.2) is 61.4 Å². The van der Waals surface area contributed by atoms with Gasteiger partial charge in [0.25, 0.3) is 5.91 Å². The lowest BCUT2D eigenvalue weighted by molar-refractivity contribution is 0.0628. The van der Waals surface area contributed by atoms with E-state index in [-0.39, 0.29) is 5.91 Å². The summed E-state index contributed by atoms with van der Waals surface area (Å²) >= 11 is 3.58. The van der Waals surface area contributed by atoms with Crippen LogP contribution in [0.3, 0.4) is 0 Å². The molecular formula is C24H31BrN6O. The van der Waals surface area contributed by atoms with Gasteiger partial charge in [0.1, 0.15) is 0 Å². The Morgan fingerprint density at radius 1 is 1.03 bits per heavy atom. The van der Waals surface area contributed by atoms with Crippen LogP contribution in [-0.2, 0) is 19.6 Å². The second-order valence-electron chi connectivity index (χ2n) is 8.51. The molecular weight excluding hydrogens is 468 g/mol. The summed E-state index contributed by atoms with van der Waals surface area (Å²) in [4.78, 5) is 17.5. The molecule has 1 aliphatic heterocycles. The van der Waals surface area contributed by atoms with E-state index in [0.717, 1.165) is 71.9 Å². The molecule has 0 N–H and O–H groups in total. The molecule has 4 rings (SSSR count). The zero-order chi connectivity index (χ0) is 22.8. The number of aryl methyl sites for hydroxylation is 3. The maximum Gasteiger partial charge on any atom is 0.253 e. The fraction of sp³-hybridized carbons (Fsp3) is 0.458. The highest BCUT2D eigenvalue weighted by atomic mass is 79.9. The molecule has 0 aliphatic carbocycles. The van der Waals surface area contributed by atoms with Crippen LogP contribution in [0.15, 0.2) is 34.9 Å². The minimum atomic E-state index is 0.107. The Morgan fingerprint density at radius 3 is 2.41 bits per heavy atom. The van der Waals surface area contributed by atoms with Gasteiger partial charge in [-0.15, -0.1) is 0 Å². The molecule has 3 heterocycles. The van der Waals surface area contributed by atoms with Crippen molar-refractivity contribution >= 4 is 21.8 Å². The first-order valence-electron chi connectivity index (χ1n) is 11.2. The van der Waals surface area contributed by atoms with Gasteiger partial charge in [0.15, 0.2) is 0 Å². The third-order valence-corrected chi connectivity index (χ3v) is 7.37. The van der Waals surface area contributed by atoms with Gasteiger partial charge >= 0.3 is 0 Å². The van der Waals surface area contributed by atoms with Gasteiger partial charge < -0.3 is 4.90 Å². The number of halogens is 1. The molecule has 32 heavy (non-hydrogen) atoms. The molecule has 0 unspecified atom stereocenters. The average Bonchev–Trinajstić information content (AvgIpc) is 3.27. The molecule has 3 aromatic rings. The lowest BCUT2D eigenvalue weighted by Crippen LogP contribution is -2.48. The van der Waals surface area contributed by atoms with Crippen molar-refractivity contribution in [1.82, 2.24) is 29.4 Å². The topological polar surface area (TPSA) is 59.2 Å². The van der Waals surface area contributed by atoms with Crippen LogP contribution in [0.4, 0.5) is 0 Å². The van der Waals surface area contributed by atoms with Crippen LogP contribution in [0.5, 0.6) is 0 Å². The van der Waals surface area contributed by atoms with Crippen molar-refractivity contribution in [2.45, 2.75) is 47.3 Å². The van der Waals surface area contributed by atoms with Crippen molar-refractivity contribution in [3.05, 3.63) is 68.7 Å². The third kappa shape index (κ3) is 4.81. The van der Waals surface area contributed by atoms with Gasteiger partial charge in [0, 0.05) is 56.6 Å². The summed E-state index contributed by atoms with van der Waals surface area (Å²) < 4.78 is 5.01. The van der Waals surface area contributed by atoms with Crippen molar-refractivity contribution in [1.29, 1.82) is 0 Å². The zero-order valence-corrected chi connectivity index (χ0v) is 20.9. The number of nitrogens with zero attached hydrogens (tertiary/aromatic N) is 6. The number of carbonyl (C=O) groups is 1. The van der Waals surface area contributed by atoms with Gasteiger partial charge in [-0.2, -0.15) is 10.2 Å². The molecule has 1 aromatic carbocycles. The van der Waals surface area contributed by atoms with Crippen molar-refractivity contribution in [2.24, 2.45) is 0 Å². The van der Waals surface area contributed by atoms with E-state index in [2.05, 4.69) is 57.1 Å². The molecule has 0 spiro atoms. The van der Waals surface area contributed by atoms with Gasteiger partial charge in [-0.25, -0.2) is 0 Å². The molecule has 1 saturated heterocycles. The fourth-order valence-corrected chi connectivity index (χ4v) is 4.50. The number of piperazine rings is 1. The second-order valence-corrected chi connectivity index (χ2v) is 9.30. The van der Waals surface area contributed by atoms with E-state index < -0.39 is 0 Å². The van der Waals surface area contributed by atoms with Crippen LogP contribution in [0.1, 0.15) is 45.5 Å². The summed E-state index contributed by atoms with van der Waals surface area (Å²) in [5, 5.41) is 9.13. The van der Waals surface area contributed by atoms with Gasteiger partial charge in [0.05, 0.1) is 28.1 Å². The first-order valence-corrected chi connectivity index (χ1v) is 12.0. The van der Waals surface area contributed by atoms with Gasteiger partial charge in [0.2, 0.25) is 0 Å². The minimum Gasteiger partial charge on any atom is -0.336 e. The highest BCUT2D eigenvalue weighted by molar-refractivity contribution is 9.10. The molecule has 1 fully saturated rings. The van der Waals surface area contributed by atoms with E-state index in [9.17, 15) is 4.79 Å². The summed E-state index contributed by atoms with van der Waals surface area (Å²) in [6, 6.07) is 7.94. The number of benzene rings is 1. The van der Waals surface area contributed by atoms with Crippen LogP contribution in [0.2, 0.25) is 0 Å². The largest absolute Gasteiger partial charge is 0.336 e. The summed E-state index contributed by atoms with van der Waals surface area (Å²) in [6.45, 7) is 13.9. The molecule has 0 saturated carbocycles. The Bertz CT molecular complexity index is 1110. The third-order valence-electron chi connectivity index (χ3n) is 6.22. The molecule has 7 nitrogen and oxygen atoms in total. The van der Waals surface area contributed by atoms with Crippen molar-refractivity contribution < 1.29 is 4.79 Å². The lowest BCUT2D eigenvalue weighted by atomic mass is 10.1. The van der Waals surface area contributed by atoms with E-state index in [1.54, 1.807) is 0 Å². The van der Waals surface area contributed by atoms with E-state index in [0.29, 0.717) is 6.54 Å². The van der Waals surface area contributed by atoms with E-state index in [4.69, 9.17) is 0 Å². The monoisotopic (exact) mass is 498 g/mol. The number of amides is 1. The molecule has 0 radical (unpaired) electrons. The number of aromatic nitrogens is 4. The maximum absolute atomic E-state index is 13.2. The van der Waals surface area contributed by atoms with Crippen LogP contribution in [0, 0.1) is 20.8 Å². The normalized spacial score (nSPS) is 14.8. The van der Waals surface area contributed by atoms with Crippen LogP contribution in [0.25, 0.3) is 0 Å². The molecule has 8 heteroatoms. The Morgan fingerprint density at radius 2 is 1.78 bits per heavy atom. The predicted octanol–water partition coefficient (Wildman–Crippen LogP) is 3.79. The predicted molar refractivity (Wildman–Crippen MR) is 129 cm³/mol. The molecule has 0 atom stereocenters.